The van der Waals surface area contributed by atoms with Crippen LogP contribution in [-0.4, -0.2) is 45.9 Å². The van der Waals surface area contributed by atoms with Gasteiger partial charge in [-0.15, -0.1) is 16.4 Å². The van der Waals surface area contributed by atoms with E-state index in [0.717, 1.165) is 43.3 Å². The molecule has 5 aliphatic rings. The van der Waals surface area contributed by atoms with Crippen molar-refractivity contribution >= 4 is 135 Å². The van der Waals surface area contributed by atoms with Gasteiger partial charge in [0.1, 0.15) is 44.8 Å². The Morgan fingerprint density at radius 1 is 0.453 bits per heavy atom. The van der Waals surface area contributed by atoms with E-state index < -0.39 is 0 Å². The summed E-state index contributed by atoms with van der Waals surface area (Å²) in [6, 6.07) is 32.7. The lowest BCUT2D eigenvalue weighted by Gasteiger charge is -2.47. The number of hydrogen-bond donors (Lipinski definition) is 0. The Labute approximate surface area is 455 Å². The van der Waals surface area contributed by atoms with E-state index in [9.17, 15) is 0 Å². The first-order valence-corrected chi connectivity index (χ1v) is 28.8. The minimum atomic E-state index is -0.149. The molecule has 3 aliphatic carbocycles. The van der Waals surface area contributed by atoms with Crippen molar-refractivity contribution < 1.29 is 4.42 Å². The average molecular weight is 982 g/mol. The molecule has 0 spiro atoms. The maximum absolute atomic E-state index is 7.83. The molecule has 378 valence electrons. The van der Waals surface area contributed by atoms with Crippen molar-refractivity contribution in [2.45, 2.75) is 180 Å². The molecule has 0 bridgehead atoms. The molecule has 1 aromatic heterocycles. The number of furan rings is 1. The highest BCUT2D eigenvalue weighted by Crippen LogP contribution is 2.55. The van der Waals surface area contributed by atoms with Gasteiger partial charge in [0.15, 0.2) is 0 Å². The van der Waals surface area contributed by atoms with Gasteiger partial charge in [0.25, 0.3) is 6.71 Å². The lowest BCUT2D eigenvalue weighted by molar-refractivity contribution is 0.332. The quantitative estimate of drug-likeness (QED) is 0.169. The molecule has 7 aromatic rings. The van der Waals surface area contributed by atoms with Crippen molar-refractivity contribution in [3.05, 3.63) is 118 Å². The molecule has 0 atom stereocenters. The molecule has 0 fully saturated rings. The predicted molar refractivity (Wildman–Crippen MR) is 341 cm³/mol. The first-order valence-electron chi connectivity index (χ1n) is 28.8. The molecular formula is C66H80B6N2O. The number of rotatable bonds is 3. The van der Waals surface area contributed by atoms with Gasteiger partial charge < -0.3 is 14.2 Å². The molecule has 0 N–H and O–H groups in total. The minimum absolute atomic E-state index is 0.0135. The van der Waals surface area contributed by atoms with E-state index in [-0.39, 0.29) is 44.6 Å². The highest BCUT2D eigenvalue weighted by molar-refractivity contribution is 7.00. The third kappa shape index (κ3) is 7.33. The third-order valence-corrected chi connectivity index (χ3v) is 21.0. The minimum Gasteiger partial charge on any atom is -0.468 e. The zero-order valence-corrected chi connectivity index (χ0v) is 49.6. The summed E-state index contributed by atoms with van der Waals surface area (Å²) >= 11 is 0. The van der Waals surface area contributed by atoms with E-state index in [2.05, 4.69) is 232 Å². The summed E-state index contributed by atoms with van der Waals surface area (Å²) in [5.41, 5.74) is 32.0. The van der Waals surface area contributed by atoms with Gasteiger partial charge in [-0.05, 0) is 192 Å². The molecule has 3 heterocycles. The second-order valence-corrected chi connectivity index (χ2v) is 29.5. The average Bonchev–Trinajstić information content (AvgIpc) is 3.74. The summed E-state index contributed by atoms with van der Waals surface area (Å²) in [5.74, 6) is 0. The maximum atomic E-state index is 7.83. The summed E-state index contributed by atoms with van der Waals surface area (Å²) in [5, 5.41) is 1.22. The Morgan fingerprint density at radius 2 is 0.893 bits per heavy atom. The van der Waals surface area contributed by atoms with E-state index in [4.69, 9.17) is 4.42 Å². The fourth-order valence-corrected chi connectivity index (χ4v) is 15.1. The fraction of sp³-hybridized carbons (Fsp3) is 0.424. The molecule has 0 amide bonds. The Morgan fingerprint density at radius 3 is 1.43 bits per heavy atom. The Hall–Kier alpha value is -5.15. The first kappa shape index (κ1) is 50.7. The van der Waals surface area contributed by atoms with Crippen molar-refractivity contribution in [3.63, 3.8) is 0 Å². The van der Waals surface area contributed by atoms with Gasteiger partial charge >= 0.3 is 0 Å². The molecule has 3 nitrogen and oxygen atoms in total. The summed E-state index contributed by atoms with van der Waals surface area (Å²) in [6.45, 7) is 36.5. The Bertz CT molecular complexity index is 3590. The van der Waals surface area contributed by atoms with Gasteiger partial charge in [0, 0.05) is 33.8 Å². The number of fused-ring (bicyclic) bond motifs is 9. The SMILES string of the molecule is Bc1c(B)c(B)c(-c2cc3c4c(c2)N(c2ccc5c(c2)C(C)(C)CCC5(C)C)c2c(oc5cc6c(cc25)C(C)(C)CCC6(C)C)B4c2cc4c(cc2N3c2ccc(C(C)(C)C)cc2)C(C)(C)CCC4(C)C)c(B)c1B. The highest BCUT2D eigenvalue weighted by atomic mass is 16.3. The van der Waals surface area contributed by atoms with Crippen LogP contribution in [0.1, 0.15) is 181 Å². The monoisotopic (exact) mass is 983 g/mol. The zero-order valence-electron chi connectivity index (χ0n) is 49.6. The van der Waals surface area contributed by atoms with E-state index in [1.807, 2.05) is 0 Å². The van der Waals surface area contributed by atoms with Crippen molar-refractivity contribution in [2.24, 2.45) is 0 Å². The molecule has 0 radical (unpaired) electrons. The number of hydrogen-bond acceptors (Lipinski definition) is 3. The fourth-order valence-electron chi connectivity index (χ4n) is 15.1. The largest absolute Gasteiger partial charge is 0.468 e. The van der Waals surface area contributed by atoms with Crippen LogP contribution in [0, 0.1) is 0 Å². The lowest BCUT2D eigenvalue weighted by Crippen LogP contribution is -2.61. The van der Waals surface area contributed by atoms with Gasteiger partial charge in [-0.3, -0.25) is 0 Å². The summed E-state index contributed by atoms with van der Waals surface area (Å²) in [7, 11) is 11.7. The Kier molecular flexibility index (Phi) is 10.8. The standard InChI is InChI=1S/C66H80B6N2O/c1-60(2,3)36-16-18-37(19-17-36)73-47-33-44-43(64(10,11)25-26-65(44,12)13)32-46(47)72-57-48(73)28-35(51-52(67)54(69)56(71)55(70)53(51)68)29-49(57)74(38-20-21-40-41(30-38)62(6,7)23-22-61(40,4)5)58-39-31-42-45(34-50(39)75-59(58)72)66(14,15)27-24-63(42,8)9/h16-21,28-34H,22-27,67-71H2,1-15H3. The van der Waals surface area contributed by atoms with Crippen LogP contribution in [0.25, 0.3) is 22.1 Å². The highest BCUT2D eigenvalue weighted by Gasteiger charge is 2.50. The van der Waals surface area contributed by atoms with Gasteiger partial charge in [-0.1, -0.05) is 139 Å². The van der Waals surface area contributed by atoms with E-state index >= 15 is 0 Å². The summed E-state index contributed by atoms with van der Waals surface area (Å²) in [4.78, 5) is 5.37. The summed E-state index contributed by atoms with van der Waals surface area (Å²) < 4.78 is 7.83. The topological polar surface area (TPSA) is 19.6 Å². The molecular weight excluding hydrogens is 902 g/mol. The van der Waals surface area contributed by atoms with Crippen LogP contribution in [0.4, 0.5) is 34.1 Å². The number of nitrogens with zero attached hydrogens (tertiary/aromatic N) is 2. The summed E-state index contributed by atoms with van der Waals surface area (Å²) in [6.07, 6.45) is 6.95. The predicted octanol–water partition coefficient (Wildman–Crippen LogP) is 7.82. The van der Waals surface area contributed by atoms with Gasteiger partial charge in [0.05, 0.1) is 11.3 Å². The molecule has 75 heavy (non-hydrogen) atoms. The number of anilines is 6. The van der Waals surface area contributed by atoms with Gasteiger partial charge in [-0.25, -0.2) is 0 Å². The second-order valence-electron chi connectivity index (χ2n) is 29.5. The smallest absolute Gasteiger partial charge is 0.297 e. The van der Waals surface area contributed by atoms with Crippen molar-refractivity contribution in [3.8, 4) is 11.1 Å². The molecule has 0 unspecified atom stereocenters. The van der Waals surface area contributed by atoms with Crippen LogP contribution in [0.15, 0.2) is 83.3 Å². The van der Waals surface area contributed by atoms with Crippen LogP contribution in [0.3, 0.4) is 0 Å². The number of benzene rings is 6. The van der Waals surface area contributed by atoms with Crippen molar-refractivity contribution in [1.82, 2.24) is 0 Å². The van der Waals surface area contributed by atoms with Gasteiger partial charge in [-0.2, -0.15) is 0 Å². The molecule has 9 heteroatoms. The molecule has 0 saturated carbocycles. The van der Waals surface area contributed by atoms with E-state index in [1.165, 1.54) is 134 Å². The van der Waals surface area contributed by atoms with Crippen LogP contribution in [-0.2, 0) is 37.9 Å². The van der Waals surface area contributed by atoms with E-state index in [1.54, 1.807) is 0 Å². The molecule has 6 aromatic carbocycles. The molecule has 12 rings (SSSR count). The normalized spacial score (nSPS) is 19.9. The first-order chi connectivity index (χ1) is 34.8. The van der Waals surface area contributed by atoms with Crippen molar-refractivity contribution in [2.75, 3.05) is 9.80 Å². The van der Waals surface area contributed by atoms with E-state index in [0.29, 0.717) is 0 Å². The van der Waals surface area contributed by atoms with Crippen molar-refractivity contribution in [1.29, 1.82) is 0 Å². The maximum Gasteiger partial charge on any atom is 0.297 e. The zero-order chi connectivity index (χ0) is 53.8. The van der Waals surface area contributed by atoms with Gasteiger partial charge in [0.2, 0.25) is 0 Å². The van der Waals surface area contributed by atoms with Crippen LogP contribution >= 0.6 is 0 Å². The van der Waals surface area contributed by atoms with Crippen LogP contribution in [0.2, 0.25) is 0 Å². The second kappa shape index (κ2) is 16.0. The molecule has 2 aliphatic heterocycles. The third-order valence-electron chi connectivity index (χ3n) is 21.0. The van der Waals surface area contributed by atoms with Crippen LogP contribution < -0.4 is 53.7 Å². The molecule has 0 saturated heterocycles. The Balaban J connectivity index is 1.28. The van der Waals surface area contributed by atoms with Crippen LogP contribution in [0.5, 0.6) is 0 Å². The lowest BCUT2D eigenvalue weighted by atomic mass is 9.35.